The summed E-state index contributed by atoms with van der Waals surface area (Å²) < 4.78 is 40.3. The van der Waals surface area contributed by atoms with Crippen LogP contribution in [0.15, 0.2) is 29.2 Å². The standard InChI is InChI=1S/C12H14FNO4S/c1-8-9(6-7-18-8)12(15)14-10-4-2-3-5-11(10)19(13,16)17/h2-5,8-9H,6-7H2,1H3,(H,14,15). The van der Waals surface area contributed by atoms with Gasteiger partial charge in [0.1, 0.15) is 4.90 Å². The van der Waals surface area contributed by atoms with Gasteiger partial charge in [0.15, 0.2) is 0 Å². The molecule has 104 valence electrons. The van der Waals surface area contributed by atoms with Gasteiger partial charge in [0.2, 0.25) is 5.91 Å². The molecule has 1 aromatic rings. The second-order valence-electron chi connectivity index (χ2n) is 4.39. The molecular weight excluding hydrogens is 273 g/mol. The number of amides is 1. The summed E-state index contributed by atoms with van der Waals surface area (Å²) >= 11 is 0. The first-order valence-corrected chi connectivity index (χ1v) is 7.24. The Kier molecular flexibility index (Phi) is 3.86. The molecule has 0 aromatic heterocycles. The Balaban J connectivity index is 2.22. The average molecular weight is 287 g/mol. The molecule has 1 fully saturated rings. The number of hydrogen-bond acceptors (Lipinski definition) is 4. The first kappa shape index (κ1) is 14.0. The third kappa shape index (κ3) is 3.10. The largest absolute Gasteiger partial charge is 0.378 e. The van der Waals surface area contributed by atoms with Gasteiger partial charge >= 0.3 is 10.2 Å². The Bertz CT molecular complexity index is 587. The van der Waals surface area contributed by atoms with E-state index in [9.17, 15) is 17.1 Å². The van der Waals surface area contributed by atoms with E-state index in [1.807, 2.05) is 0 Å². The molecule has 0 saturated carbocycles. The summed E-state index contributed by atoms with van der Waals surface area (Å²) in [5, 5.41) is 2.45. The lowest BCUT2D eigenvalue weighted by Gasteiger charge is -2.15. The van der Waals surface area contributed by atoms with Gasteiger partial charge in [0.25, 0.3) is 0 Å². The minimum Gasteiger partial charge on any atom is -0.378 e. The molecule has 7 heteroatoms. The monoisotopic (exact) mass is 287 g/mol. The highest BCUT2D eigenvalue weighted by Gasteiger charge is 2.31. The fourth-order valence-electron chi connectivity index (χ4n) is 2.08. The molecular formula is C12H14FNO4S. The number of carbonyl (C=O) groups excluding carboxylic acids is 1. The molecule has 0 aliphatic carbocycles. The molecule has 0 radical (unpaired) electrons. The first-order valence-electron chi connectivity index (χ1n) is 5.86. The Morgan fingerprint density at radius 2 is 2.11 bits per heavy atom. The number of nitrogens with one attached hydrogen (secondary N) is 1. The fraction of sp³-hybridized carbons (Fsp3) is 0.417. The fourth-order valence-corrected chi connectivity index (χ4v) is 2.71. The maximum atomic E-state index is 13.1. The van der Waals surface area contributed by atoms with Gasteiger partial charge in [-0.05, 0) is 25.5 Å². The van der Waals surface area contributed by atoms with E-state index in [0.717, 1.165) is 6.07 Å². The molecule has 1 N–H and O–H groups in total. The number of benzene rings is 1. The summed E-state index contributed by atoms with van der Waals surface area (Å²) in [5.41, 5.74) is -0.0471. The predicted octanol–water partition coefficient (Wildman–Crippen LogP) is 1.71. The number of halogens is 1. The Labute approximate surface area is 111 Å². The van der Waals surface area contributed by atoms with Crippen molar-refractivity contribution in [3.8, 4) is 0 Å². The van der Waals surface area contributed by atoms with Crippen molar-refractivity contribution in [2.75, 3.05) is 11.9 Å². The molecule has 19 heavy (non-hydrogen) atoms. The van der Waals surface area contributed by atoms with E-state index in [1.54, 1.807) is 6.92 Å². The van der Waals surface area contributed by atoms with Crippen LogP contribution in [0.1, 0.15) is 13.3 Å². The van der Waals surface area contributed by atoms with Crippen molar-refractivity contribution in [2.24, 2.45) is 5.92 Å². The molecule has 2 atom stereocenters. The van der Waals surface area contributed by atoms with E-state index in [0.29, 0.717) is 13.0 Å². The van der Waals surface area contributed by atoms with Gasteiger partial charge in [0.05, 0.1) is 17.7 Å². The van der Waals surface area contributed by atoms with Crippen LogP contribution in [0, 0.1) is 5.92 Å². The molecule has 1 saturated heterocycles. The van der Waals surface area contributed by atoms with Gasteiger partial charge in [-0.3, -0.25) is 4.79 Å². The van der Waals surface area contributed by atoms with Crippen LogP contribution >= 0.6 is 0 Å². The number of para-hydroxylation sites is 1. The van der Waals surface area contributed by atoms with E-state index in [4.69, 9.17) is 4.74 Å². The highest BCUT2D eigenvalue weighted by Crippen LogP contribution is 2.26. The molecule has 1 aromatic carbocycles. The molecule has 5 nitrogen and oxygen atoms in total. The summed E-state index contributed by atoms with van der Waals surface area (Å²) in [6.07, 6.45) is 0.339. The number of rotatable bonds is 3. The molecule has 2 rings (SSSR count). The van der Waals surface area contributed by atoms with Crippen LogP contribution < -0.4 is 5.32 Å². The number of hydrogen-bond donors (Lipinski definition) is 1. The highest BCUT2D eigenvalue weighted by atomic mass is 32.3. The summed E-state index contributed by atoms with van der Waals surface area (Å²) in [6.45, 7) is 2.26. The lowest BCUT2D eigenvalue weighted by atomic mass is 10.0. The van der Waals surface area contributed by atoms with E-state index in [1.165, 1.54) is 18.2 Å². The Morgan fingerprint density at radius 3 is 2.68 bits per heavy atom. The summed E-state index contributed by atoms with van der Waals surface area (Å²) in [6, 6.07) is 5.38. The SMILES string of the molecule is CC1OCCC1C(=O)Nc1ccccc1S(=O)(=O)F. The van der Waals surface area contributed by atoms with Gasteiger partial charge < -0.3 is 10.1 Å². The minimum absolute atomic E-state index is 0.0471. The van der Waals surface area contributed by atoms with Crippen LogP contribution in [0.4, 0.5) is 9.57 Å². The van der Waals surface area contributed by atoms with Crippen molar-refractivity contribution in [3.63, 3.8) is 0 Å². The maximum Gasteiger partial charge on any atom is 0.334 e. The van der Waals surface area contributed by atoms with Gasteiger partial charge in [-0.1, -0.05) is 12.1 Å². The van der Waals surface area contributed by atoms with E-state index in [2.05, 4.69) is 5.32 Å². The van der Waals surface area contributed by atoms with Crippen molar-refractivity contribution in [1.29, 1.82) is 0 Å². The van der Waals surface area contributed by atoms with Gasteiger partial charge in [-0.25, -0.2) is 0 Å². The molecule has 1 heterocycles. The molecule has 1 aliphatic rings. The molecule has 1 amide bonds. The van der Waals surface area contributed by atoms with E-state index in [-0.39, 0.29) is 23.6 Å². The zero-order valence-corrected chi connectivity index (χ0v) is 11.1. The second kappa shape index (κ2) is 5.26. The van der Waals surface area contributed by atoms with Crippen LogP contribution in [0.25, 0.3) is 0 Å². The topological polar surface area (TPSA) is 72.5 Å². The number of ether oxygens (including phenoxy) is 1. The maximum absolute atomic E-state index is 13.1. The third-order valence-electron chi connectivity index (χ3n) is 3.12. The Hall–Kier alpha value is -1.47. The quantitative estimate of drug-likeness (QED) is 0.859. The zero-order valence-electron chi connectivity index (χ0n) is 10.3. The van der Waals surface area contributed by atoms with Crippen molar-refractivity contribution in [2.45, 2.75) is 24.3 Å². The molecule has 1 aliphatic heterocycles. The van der Waals surface area contributed by atoms with Crippen LogP contribution in [-0.4, -0.2) is 27.0 Å². The summed E-state index contributed by atoms with van der Waals surface area (Å²) in [4.78, 5) is 11.5. The van der Waals surface area contributed by atoms with E-state index < -0.39 is 15.1 Å². The van der Waals surface area contributed by atoms with Crippen LogP contribution in [0.3, 0.4) is 0 Å². The number of carbonyl (C=O) groups is 1. The second-order valence-corrected chi connectivity index (χ2v) is 5.71. The van der Waals surface area contributed by atoms with Crippen LogP contribution in [0.2, 0.25) is 0 Å². The van der Waals surface area contributed by atoms with Crippen LogP contribution in [0.5, 0.6) is 0 Å². The number of anilines is 1. The normalized spacial score (nSPS) is 23.3. The predicted molar refractivity (Wildman–Crippen MR) is 66.9 cm³/mol. The van der Waals surface area contributed by atoms with Gasteiger partial charge in [0, 0.05) is 6.61 Å². The highest BCUT2D eigenvalue weighted by molar-refractivity contribution is 7.86. The van der Waals surface area contributed by atoms with Crippen molar-refractivity contribution in [1.82, 2.24) is 0 Å². The lowest BCUT2D eigenvalue weighted by molar-refractivity contribution is -0.121. The van der Waals surface area contributed by atoms with Crippen molar-refractivity contribution >= 4 is 21.8 Å². The Morgan fingerprint density at radius 1 is 1.42 bits per heavy atom. The molecule has 0 bridgehead atoms. The van der Waals surface area contributed by atoms with Crippen molar-refractivity contribution in [3.05, 3.63) is 24.3 Å². The van der Waals surface area contributed by atoms with Crippen molar-refractivity contribution < 1.29 is 21.8 Å². The zero-order chi connectivity index (χ0) is 14.0. The van der Waals surface area contributed by atoms with Gasteiger partial charge in [-0.2, -0.15) is 8.42 Å². The smallest absolute Gasteiger partial charge is 0.334 e. The van der Waals surface area contributed by atoms with E-state index >= 15 is 0 Å². The molecule has 2 unspecified atom stereocenters. The summed E-state index contributed by atoms with van der Waals surface area (Å²) in [7, 11) is -4.86. The lowest BCUT2D eigenvalue weighted by Crippen LogP contribution is -2.28. The molecule has 0 spiro atoms. The van der Waals surface area contributed by atoms with Gasteiger partial charge in [-0.15, -0.1) is 3.89 Å². The minimum atomic E-state index is -4.86. The first-order chi connectivity index (χ1) is 8.89. The summed E-state index contributed by atoms with van der Waals surface area (Å²) in [5.74, 6) is -0.712. The average Bonchev–Trinajstić information content (AvgIpc) is 2.75. The van der Waals surface area contributed by atoms with Crippen LogP contribution in [-0.2, 0) is 19.8 Å². The third-order valence-corrected chi connectivity index (χ3v) is 4.00.